The molecular weight excluding hydrogens is 221 g/mol. The van der Waals surface area contributed by atoms with E-state index in [4.69, 9.17) is 0 Å². The van der Waals surface area contributed by atoms with Crippen LogP contribution in [0.15, 0.2) is 11.6 Å². The molecule has 1 heterocycles. The average molecular weight is 236 g/mol. The van der Waals surface area contributed by atoms with Crippen molar-refractivity contribution in [3.8, 4) is 0 Å². The van der Waals surface area contributed by atoms with Gasteiger partial charge in [-0.2, -0.15) is 13.2 Å². The highest BCUT2D eigenvalue weighted by molar-refractivity contribution is 5.78. The van der Waals surface area contributed by atoms with Crippen LogP contribution < -0.4 is 5.32 Å². The first kappa shape index (κ1) is 13.0. The van der Waals surface area contributed by atoms with E-state index in [9.17, 15) is 18.0 Å². The Kier molecular flexibility index (Phi) is 4.35. The van der Waals surface area contributed by atoms with Crippen LogP contribution >= 0.6 is 0 Å². The van der Waals surface area contributed by atoms with Crippen molar-refractivity contribution in [1.29, 1.82) is 0 Å². The lowest BCUT2D eigenvalue weighted by Crippen LogP contribution is -2.42. The average Bonchev–Trinajstić information content (AvgIpc) is 2.16. The van der Waals surface area contributed by atoms with E-state index in [1.54, 1.807) is 4.90 Å². The smallest absolute Gasteiger partial charge is 0.338 e. The maximum absolute atomic E-state index is 11.8. The summed E-state index contributed by atoms with van der Waals surface area (Å²) in [5.74, 6) is -0.284. The van der Waals surface area contributed by atoms with Gasteiger partial charge in [0.1, 0.15) is 0 Å². The van der Waals surface area contributed by atoms with Crippen LogP contribution in [0.3, 0.4) is 0 Å². The quantitative estimate of drug-likeness (QED) is 0.749. The summed E-state index contributed by atoms with van der Waals surface area (Å²) in [7, 11) is 0. The molecule has 1 rings (SSSR count). The van der Waals surface area contributed by atoms with Gasteiger partial charge < -0.3 is 10.2 Å². The molecule has 0 aliphatic carbocycles. The minimum absolute atomic E-state index is 0.258. The van der Waals surface area contributed by atoms with Crippen LogP contribution in [0.4, 0.5) is 13.2 Å². The van der Waals surface area contributed by atoms with Crippen LogP contribution in [0, 0.1) is 0 Å². The van der Waals surface area contributed by atoms with Gasteiger partial charge in [0.2, 0.25) is 5.91 Å². The van der Waals surface area contributed by atoms with E-state index >= 15 is 0 Å². The summed E-state index contributed by atoms with van der Waals surface area (Å²) in [6, 6.07) is 0. The molecule has 16 heavy (non-hydrogen) atoms. The predicted molar refractivity (Wildman–Crippen MR) is 53.9 cm³/mol. The monoisotopic (exact) mass is 236 g/mol. The first-order valence-corrected chi connectivity index (χ1v) is 5.09. The second-order valence-electron chi connectivity index (χ2n) is 3.86. The molecular formula is C10H15F3N2O. The van der Waals surface area contributed by atoms with Crippen LogP contribution in [-0.4, -0.2) is 43.2 Å². The van der Waals surface area contributed by atoms with Gasteiger partial charge in [-0.1, -0.05) is 11.6 Å². The van der Waals surface area contributed by atoms with Gasteiger partial charge in [0.25, 0.3) is 0 Å². The standard InChI is InChI=1S/C10H15F3N2O/c1-8-2-4-15(5-3-8)9(16)6-14-7-10(11,12)13/h2,14H,3-7H2,1H3. The Balaban J connectivity index is 2.26. The first-order chi connectivity index (χ1) is 7.38. The Hall–Kier alpha value is -1.04. The first-order valence-electron chi connectivity index (χ1n) is 5.09. The van der Waals surface area contributed by atoms with Crippen molar-refractivity contribution in [3.05, 3.63) is 11.6 Å². The number of hydrogen-bond donors (Lipinski definition) is 1. The van der Waals surface area contributed by atoms with E-state index in [0.29, 0.717) is 13.1 Å². The van der Waals surface area contributed by atoms with Crippen molar-refractivity contribution in [2.75, 3.05) is 26.2 Å². The summed E-state index contributed by atoms with van der Waals surface area (Å²) in [5.41, 5.74) is 1.22. The van der Waals surface area contributed by atoms with Crippen molar-refractivity contribution >= 4 is 5.91 Å². The second-order valence-corrected chi connectivity index (χ2v) is 3.86. The third-order valence-corrected chi connectivity index (χ3v) is 2.39. The van der Waals surface area contributed by atoms with Crippen LogP contribution in [0.5, 0.6) is 0 Å². The maximum Gasteiger partial charge on any atom is 0.401 e. The molecule has 6 heteroatoms. The van der Waals surface area contributed by atoms with Gasteiger partial charge in [-0.3, -0.25) is 4.79 Å². The van der Waals surface area contributed by atoms with E-state index in [1.165, 1.54) is 5.57 Å². The van der Waals surface area contributed by atoms with E-state index < -0.39 is 12.7 Å². The highest BCUT2D eigenvalue weighted by Gasteiger charge is 2.27. The van der Waals surface area contributed by atoms with Crippen LogP contribution in [0.25, 0.3) is 0 Å². The SMILES string of the molecule is CC1=CCN(C(=O)CNCC(F)(F)F)CC1. The fourth-order valence-corrected chi connectivity index (χ4v) is 1.42. The zero-order valence-corrected chi connectivity index (χ0v) is 9.10. The lowest BCUT2D eigenvalue weighted by atomic mass is 10.1. The van der Waals surface area contributed by atoms with Gasteiger partial charge in [-0.05, 0) is 13.3 Å². The number of carbonyl (C=O) groups is 1. The number of carbonyl (C=O) groups excluding carboxylic acids is 1. The van der Waals surface area contributed by atoms with Gasteiger partial charge in [0.05, 0.1) is 13.1 Å². The topological polar surface area (TPSA) is 32.3 Å². The molecule has 0 spiro atoms. The molecule has 1 aliphatic heterocycles. The van der Waals surface area contributed by atoms with Crippen LogP contribution in [-0.2, 0) is 4.79 Å². The number of nitrogens with zero attached hydrogens (tertiary/aromatic N) is 1. The second kappa shape index (κ2) is 5.34. The molecule has 3 nitrogen and oxygen atoms in total. The zero-order valence-electron chi connectivity index (χ0n) is 9.10. The minimum atomic E-state index is -4.27. The molecule has 0 fully saturated rings. The molecule has 0 aromatic heterocycles. The summed E-state index contributed by atoms with van der Waals surface area (Å²) >= 11 is 0. The minimum Gasteiger partial charge on any atom is -0.338 e. The molecule has 0 aromatic carbocycles. The number of hydrogen-bond acceptors (Lipinski definition) is 2. The molecule has 1 aliphatic rings. The predicted octanol–water partition coefficient (Wildman–Crippen LogP) is 1.32. The molecule has 0 radical (unpaired) electrons. The third kappa shape index (κ3) is 4.65. The Morgan fingerprint density at radius 3 is 2.75 bits per heavy atom. The third-order valence-electron chi connectivity index (χ3n) is 2.39. The molecule has 0 aromatic rings. The molecule has 1 amide bonds. The number of nitrogens with one attached hydrogen (secondary N) is 1. The van der Waals surface area contributed by atoms with Crippen molar-refractivity contribution < 1.29 is 18.0 Å². The van der Waals surface area contributed by atoms with Crippen LogP contribution in [0.1, 0.15) is 13.3 Å². The number of amides is 1. The molecule has 0 unspecified atom stereocenters. The lowest BCUT2D eigenvalue weighted by Gasteiger charge is -2.25. The molecule has 0 saturated heterocycles. The van der Waals surface area contributed by atoms with E-state index in [2.05, 4.69) is 5.32 Å². The Bertz CT molecular complexity index is 286. The Labute approximate surface area is 92.3 Å². The van der Waals surface area contributed by atoms with Crippen molar-refractivity contribution in [2.24, 2.45) is 0 Å². The summed E-state index contributed by atoms with van der Waals surface area (Å²) in [6.45, 7) is 1.69. The highest BCUT2D eigenvalue weighted by Crippen LogP contribution is 2.12. The fourth-order valence-electron chi connectivity index (χ4n) is 1.42. The van der Waals surface area contributed by atoms with Gasteiger partial charge in [-0.15, -0.1) is 0 Å². The molecule has 1 N–H and O–H groups in total. The largest absolute Gasteiger partial charge is 0.401 e. The Morgan fingerprint density at radius 1 is 1.56 bits per heavy atom. The molecule has 0 bridgehead atoms. The van der Waals surface area contributed by atoms with Gasteiger partial charge >= 0.3 is 6.18 Å². The van der Waals surface area contributed by atoms with E-state index in [0.717, 1.165) is 6.42 Å². The summed E-state index contributed by atoms with van der Waals surface area (Å²) < 4.78 is 35.4. The van der Waals surface area contributed by atoms with Gasteiger partial charge in [0.15, 0.2) is 0 Å². The van der Waals surface area contributed by atoms with Gasteiger partial charge in [-0.25, -0.2) is 0 Å². The lowest BCUT2D eigenvalue weighted by molar-refractivity contribution is -0.134. The Morgan fingerprint density at radius 2 is 2.25 bits per heavy atom. The molecule has 92 valence electrons. The van der Waals surface area contributed by atoms with Crippen molar-refractivity contribution in [3.63, 3.8) is 0 Å². The molecule has 0 atom stereocenters. The summed E-state index contributed by atoms with van der Waals surface area (Å²) in [4.78, 5) is 13.0. The fraction of sp³-hybridized carbons (Fsp3) is 0.700. The normalized spacial score (nSPS) is 17.2. The van der Waals surface area contributed by atoms with Gasteiger partial charge in [0, 0.05) is 13.1 Å². The molecule has 0 saturated carbocycles. The number of rotatable bonds is 3. The van der Waals surface area contributed by atoms with E-state index in [-0.39, 0.29) is 12.5 Å². The van der Waals surface area contributed by atoms with Crippen molar-refractivity contribution in [1.82, 2.24) is 10.2 Å². The summed E-state index contributed by atoms with van der Waals surface area (Å²) in [5, 5.41) is 2.10. The van der Waals surface area contributed by atoms with Crippen LogP contribution in [0.2, 0.25) is 0 Å². The maximum atomic E-state index is 11.8. The van der Waals surface area contributed by atoms with E-state index in [1.807, 2.05) is 13.0 Å². The zero-order chi connectivity index (χ0) is 12.2. The van der Waals surface area contributed by atoms with Crippen molar-refractivity contribution in [2.45, 2.75) is 19.5 Å². The number of halogens is 3. The summed E-state index contributed by atoms with van der Waals surface area (Å²) in [6.07, 6.45) is -1.55. The highest BCUT2D eigenvalue weighted by atomic mass is 19.4. The number of alkyl halides is 3.